The maximum atomic E-state index is 13.0. The third kappa shape index (κ3) is 12.9. The molecule has 0 aliphatic carbocycles. The van der Waals surface area contributed by atoms with Crippen LogP contribution in [0.1, 0.15) is 112 Å². The average Bonchev–Trinajstić information content (AvgIpc) is 2.92. The van der Waals surface area contributed by atoms with Crippen molar-refractivity contribution in [3.63, 3.8) is 0 Å². The molecular weight excluding hydrogens is 500 g/mol. The molecule has 5 nitrogen and oxygen atoms in total. The largest absolute Gasteiger partial charge is 0.493 e. The summed E-state index contributed by atoms with van der Waals surface area (Å²) in [6.45, 7) is 12.1. The van der Waals surface area contributed by atoms with Crippen LogP contribution in [0, 0.1) is 0 Å². The molecule has 0 unspecified atom stereocenters. The summed E-state index contributed by atoms with van der Waals surface area (Å²) in [5.74, 6) is 1.26. The van der Waals surface area contributed by atoms with Crippen molar-refractivity contribution in [1.82, 2.24) is 0 Å². The van der Waals surface area contributed by atoms with Crippen LogP contribution < -0.4 is 19.8 Å². The zero-order chi connectivity index (χ0) is 29.0. The highest BCUT2D eigenvalue weighted by Gasteiger charge is 2.18. The highest BCUT2D eigenvalue weighted by Crippen LogP contribution is 2.35. The lowest BCUT2D eigenvalue weighted by Crippen LogP contribution is -2.11. The Bertz CT molecular complexity index is 1130. The van der Waals surface area contributed by atoms with Gasteiger partial charge in [0.2, 0.25) is 5.75 Å². The van der Waals surface area contributed by atoms with E-state index >= 15 is 0 Å². The van der Waals surface area contributed by atoms with Crippen molar-refractivity contribution in [2.24, 2.45) is 0 Å². The Morgan fingerprint density at radius 3 is 2.27 bits per heavy atom. The number of fused-ring (bicyclic) bond motifs is 1. The van der Waals surface area contributed by atoms with Crippen LogP contribution in [0.25, 0.3) is 11.0 Å². The summed E-state index contributed by atoms with van der Waals surface area (Å²) in [4.78, 5) is 13.0. The smallest absolute Gasteiger partial charge is 0.383 e. The summed E-state index contributed by atoms with van der Waals surface area (Å²) < 4.78 is 23.8. The molecule has 0 aliphatic heterocycles. The molecule has 5 heteroatoms. The van der Waals surface area contributed by atoms with Gasteiger partial charge < -0.3 is 18.6 Å². The molecule has 0 saturated heterocycles. The van der Waals surface area contributed by atoms with E-state index in [2.05, 4.69) is 58.9 Å². The lowest BCUT2D eigenvalue weighted by molar-refractivity contribution is 0.264. The predicted octanol–water partition coefficient (Wildman–Crippen LogP) is 10.1. The van der Waals surface area contributed by atoms with Crippen molar-refractivity contribution >= 4 is 11.0 Å². The van der Waals surface area contributed by atoms with E-state index in [9.17, 15) is 4.79 Å². The fraction of sp³-hybridized carbons (Fsp3) is 0.571. The number of unbranched alkanes of at least 4 members (excludes halogenated alkanes) is 7. The first-order chi connectivity index (χ1) is 19.5. The zero-order valence-electron chi connectivity index (χ0n) is 25.7. The van der Waals surface area contributed by atoms with E-state index in [0.717, 1.165) is 38.5 Å². The molecule has 0 atom stereocenters. The molecule has 222 valence electrons. The molecule has 0 amide bonds. The first kappa shape index (κ1) is 33.3. The third-order valence-corrected chi connectivity index (χ3v) is 6.74. The van der Waals surface area contributed by atoms with Gasteiger partial charge in [-0.25, -0.2) is 4.79 Å². The Morgan fingerprint density at radius 2 is 1.55 bits per heavy atom. The van der Waals surface area contributed by atoms with Crippen LogP contribution in [-0.2, 0) is 0 Å². The number of hydrogen-bond acceptors (Lipinski definition) is 5. The van der Waals surface area contributed by atoms with Crippen molar-refractivity contribution < 1.29 is 18.6 Å². The first-order valence-corrected chi connectivity index (χ1v) is 15.4. The molecule has 0 radical (unpaired) electrons. The van der Waals surface area contributed by atoms with E-state index in [0.29, 0.717) is 42.3 Å². The van der Waals surface area contributed by atoms with Crippen LogP contribution in [0.2, 0.25) is 0 Å². The van der Waals surface area contributed by atoms with Gasteiger partial charge in [0.05, 0.1) is 18.6 Å². The van der Waals surface area contributed by atoms with E-state index in [-0.39, 0.29) is 5.75 Å². The fourth-order valence-corrected chi connectivity index (χ4v) is 4.39. The number of allylic oxidation sites excluding steroid dienone is 4. The van der Waals surface area contributed by atoms with Gasteiger partial charge in [0.1, 0.15) is 17.9 Å². The molecular formula is C35H52O5. The molecule has 1 aromatic carbocycles. The second-order valence-electron chi connectivity index (χ2n) is 10.7. The molecule has 40 heavy (non-hydrogen) atoms. The average molecular weight is 553 g/mol. The van der Waals surface area contributed by atoms with Crippen LogP contribution in [0.5, 0.6) is 17.2 Å². The molecule has 1 heterocycles. The minimum Gasteiger partial charge on any atom is -0.493 e. The maximum Gasteiger partial charge on any atom is 0.383 e. The highest BCUT2D eigenvalue weighted by atomic mass is 16.5. The Hall–Kier alpha value is -2.95. The van der Waals surface area contributed by atoms with Gasteiger partial charge >= 0.3 is 5.63 Å². The fourth-order valence-electron chi connectivity index (χ4n) is 4.39. The van der Waals surface area contributed by atoms with E-state index in [4.69, 9.17) is 18.6 Å². The molecule has 0 N–H and O–H groups in total. The van der Waals surface area contributed by atoms with E-state index in [1.807, 2.05) is 12.1 Å². The van der Waals surface area contributed by atoms with Crippen molar-refractivity contribution in [3.05, 3.63) is 64.1 Å². The van der Waals surface area contributed by atoms with Gasteiger partial charge in [-0.1, -0.05) is 88.2 Å². The number of rotatable bonds is 21. The zero-order valence-corrected chi connectivity index (χ0v) is 25.7. The molecule has 0 fully saturated rings. The van der Waals surface area contributed by atoms with Gasteiger partial charge in [-0.3, -0.25) is 0 Å². The highest BCUT2D eigenvalue weighted by molar-refractivity contribution is 5.86. The van der Waals surface area contributed by atoms with Gasteiger partial charge in [-0.2, -0.15) is 0 Å². The second kappa shape index (κ2) is 20.0. The van der Waals surface area contributed by atoms with Gasteiger partial charge in [0, 0.05) is 6.07 Å². The summed E-state index contributed by atoms with van der Waals surface area (Å²) in [6, 6.07) is 5.54. The van der Waals surface area contributed by atoms with Crippen LogP contribution in [0.15, 0.2) is 62.9 Å². The molecule has 2 aromatic rings. The topological polar surface area (TPSA) is 57.9 Å². The van der Waals surface area contributed by atoms with Crippen molar-refractivity contribution in [2.75, 3.05) is 19.8 Å². The summed E-state index contributed by atoms with van der Waals surface area (Å²) in [7, 11) is 0. The number of benzene rings is 1. The standard InChI is InChI=1S/C35H52O5/c1-6-8-10-12-13-14-15-17-25-38-34-33(39-26-23-29(5)20-18-19-28(3)4)31-22-21-30(27-32(31)40-35(34)36)37-24-16-11-9-7-2/h9,11,19,21-23,27H,6-8,10,12-18,20,24-26H2,1-5H3/b11-9?,29-23+. The van der Waals surface area contributed by atoms with Crippen LogP contribution in [0.4, 0.5) is 0 Å². The Balaban J connectivity index is 2.12. The second-order valence-corrected chi connectivity index (χ2v) is 10.7. The van der Waals surface area contributed by atoms with Gasteiger partial charge in [-0.15, -0.1) is 0 Å². The monoisotopic (exact) mass is 552 g/mol. The molecule has 1 aromatic heterocycles. The van der Waals surface area contributed by atoms with Crippen molar-refractivity contribution in [2.45, 2.75) is 112 Å². The Kier molecular flexibility index (Phi) is 16.6. The van der Waals surface area contributed by atoms with E-state index in [1.54, 1.807) is 6.07 Å². The summed E-state index contributed by atoms with van der Waals surface area (Å²) >= 11 is 0. The number of ether oxygens (including phenoxy) is 3. The molecule has 0 aliphatic rings. The number of hydrogen-bond donors (Lipinski definition) is 0. The molecule has 0 bridgehead atoms. The summed E-state index contributed by atoms with van der Waals surface area (Å²) in [5, 5.41) is 0.708. The minimum absolute atomic E-state index is 0.157. The van der Waals surface area contributed by atoms with Crippen LogP contribution >= 0.6 is 0 Å². The first-order valence-electron chi connectivity index (χ1n) is 15.4. The molecule has 0 spiro atoms. The van der Waals surface area contributed by atoms with Crippen LogP contribution in [-0.4, -0.2) is 19.8 Å². The van der Waals surface area contributed by atoms with E-state index in [1.165, 1.54) is 49.7 Å². The lowest BCUT2D eigenvalue weighted by Gasteiger charge is -2.14. The van der Waals surface area contributed by atoms with Gasteiger partial charge in [0.25, 0.3) is 0 Å². The molecule has 2 rings (SSSR count). The lowest BCUT2D eigenvalue weighted by atomic mass is 10.1. The normalized spacial score (nSPS) is 11.8. The SMILES string of the molecule is CCC=CCCOc1ccc2c(OC/C=C(\C)CCC=C(C)C)c(OCCCCCCCCCC)c(=O)oc2c1. The molecule has 0 saturated carbocycles. The predicted molar refractivity (Wildman–Crippen MR) is 168 cm³/mol. The Morgan fingerprint density at radius 1 is 0.800 bits per heavy atom. The van der Waals surface area contributed by atoms with Crippen molar-refractivity contribution in [3.8, 4) is 17.2 Å². The summed E-state index contributed by atoms with van der Waals surface area (Å²) in [6.07, 6.45) is 22.0. The third-order valence-electron chi connectivity index (χ3n) is 6.74. The van der Waals surface area contributed by atoms with Crippen LogP contribution in [0.3, 0.4) is 0 Å². The van der Waals surface area contributed by atoms with Crippen molar-refractivity contribution in [1.29, 1.82) is 0 Å². The summed E-state index contributed by atoms with van der Waals surface area (Å²) in [5.41, 5.74) is 2.49. The van der Waals surface area contributed by atoms with Gasteiger partial charge in [-0.05, 0) is 71.1 Å². The maximum absolute atomic E-state index is 13.0. The van der Waals surface area contributed by atoms with E-state index < -0.39 is 5.63 Å². The quantitative estimate of drug-likeness (QED) is 0.0876. The minimum atomic E-state index is -0.519. The van der Waals surface area contributed by atoms with Gasteiger partial charge in [0.15, 0.2) is 5.75 Å². The Labute approximate surface area is 242 Å².